The Labute approximate surface area is 182 Å². The van der Waals surface area contributed by atoms with E-state index in [0.29, 0.717) is 27.9 Å². The Morgan fingerprint density at radius 3 is 2.09 bits per heavy atom. The number of carbonyl (C=O) groups is 2. The van der Waals surface area contributed by atoms with Crippen LogP contribution in [0.15, 0.2) is 83.4 Å². The van der Waals surface area contributed by atoms with Crippen LogP contribution in [0.25, 0.3) is 22.6 Å². The van der Waals surface area contributed by atoms with Crippen LogP contribution in [-0.2, 0) is 4.74 Å². The molecule has 0 radical (unpaired) electrons. The van der Waals surface area contributed by atoms with Crippen molar-refractivity contribution in [1.82, 2.24) is 5.16 Å². The number of nitro groups is 1. The van der Waals surface area contributed by atoms with E-state index in [1.807, 2.05) is 0 Å². The van der Waals surface area contributed by atoms with Gasteiger partial charge in [-0.25, -0.2) is 4.79 Å². The summed E-state index contributed by atoms with van der Waals surface area (Å²) in [6.45, 7) is 0. The number of aromatic nitrogens is 1. The number of ether oxygens (including phenoxy) is 1. The number of non-ortho nitro benzene ring substituents is 1. The first kappa shape index (κ1) is 20.7. The molecule has 0 saturated heterocycles. The molecule has 1 heterocycles. The number of rotatable bonds is 6. The van der Waals surface area contributed by atoms with E-state index in [1.165, 1.54) is 31.4 Å². The first-order valence-electron chi connectivity index (χ1n) is 9.52. The topological polar surface area (TPSA) is 113 Å². The lowest BCUT2D eigenvalue weighted by Crippen LogP contribution is -2.04. The molecule has 8 heteroatoms. The van der Waals surface area contributed by atoms with Gasteiger partial charge in [-0.2, -0.15) is 0 Å². The predicted octanol–water partition coefficient (Wildman–Crippen LogP) is 4.93. The van der Waals surface area contributed by atoms with E-state index < -0.39 is 10.9 Å². The first-order chi connectivity index (χ1) is 15.5. The van der Waals surface area contributed by atoms with Crippen LogP contribution in [-0.4, -0.2) is 28.9 Å². The maximum absolute atomic E-state index is 13.4. The number of hydrogen-bond acceptors (Lipinski definition) is 7. The lowest BCUT2D eigenvalue weighted by atomic mass is 9.95. The molecule has 158 valence electrons. The van der Waals surface area contributed by atoms with E-state index in [-0.39, 0.29) is 22.8 Å². The molecule has 0 aliphatic heterocycles. The molecule has 0 amide bonds. The quantitative estimate of drug-likeness (QED) is 0.185. The van der Waals surface area contributed by atoms with Crippen molar-refractivity contribution in [2.45, 2.75) is 0 Å². The van der Waals surface area contributed by atoms with Gasteiger partial charge in [0.05, 0.1) is 23.2 Å². The van der Waals surface area contributed by atoms with E-state index in [4.69, 9.17) is 9.26 Å². The maximum atomic E-state index is 13.4. The van der Waals surface area contributed by atoms with Crippen LogP contribution in [0, 0.1) is 10.1 Å². The van der Waals surface area contributed by atoms with Crippen LogP contribution in [0.4, 0.5) is 5.69 Å². The first-order valence-corrected chi connectivity index (χ1v) is 9.52. The highest BCUT2D eigenvalue weighted by Crippen LogP contribution is 2.35. The Bertz CT molecular complexity index is 1290. The molecule has 0 aliphatic rings. The van der Waals surface area contributed by atoms with Gasteiger partial charge >= 0.3 is 5.97 Å². The molecule has 3 aromatic carbocycles. The number of esters is 1. The fourth-order valence-electron chi connectivity index (χ4n) is 3.25. The van der Waals surface area contributed by atoms with Crippen molar-refractivity contribution in [3.05, 3.63) is 106 Å². The summed E-state index contributed by atoms with van der Waals surface area (Å²) in [4.78, 5) is 35.6. The monoisotopic (exact) mass is 428 g/mol. The maximum Gasteiger partial charge on any atom is 0.337 e. The molecule has 0 fully saturated rings. The van der Waals surface area contributed by atoms with Gasteiger partial charge in [0, 0.05) is 28.8 Å². The number of hydrogen-bond donors (Lipinski definition) is 0. The lowest BCUT2D eigenvalue weighted by Gasteiger charge is -2.05. The molecule has 0 N–H and O–H groups in total. The Balaban J connectivity index is 1.84. The van der Waals surface area contributed by atoms with Crippen molar-refractivity contribution >= 4 is 17.4 Å². The van der Waals surface area contributed by atoms with Gasteiger partial charge in [0.1, 0.15) is 5.69 Å². The van der Waals surface area contributed by atoms with Crippen LogP contribution in [0.2, 0.25) is 0 Å². The minimum Gasteiger partial charge on any atom is -0.465 e. The molecule has 32 heavy (non-hydrogen) atoms. The average Bonchev–Trinajstić information content (AvgIpc) is 3.29. The fraction of sp³-hybridized carbons (Fsp3) is 0.0417. The molecule has 0 bridgehead atoms. The second-order valence-electron chi connectivity index (χ2n) is 6.80. The van der Waals surface area contributed by atoms with E-state index in [9.17, 15) is 19.7 Å². The van der Waals surface area contributed by atoms with E-state index >= 15 is 0 Å². The Hall–Kier alpha value is -4.59. The number of methoxy groups -OCH3 is 1. The highest BCUT2D eigenvalue weighted by Gasteiger charge is 2.26. The van der Waals surface area contributed by atoms with Crippen LogP contribution >= 0.6 is 0 Å². The van der Waals surface area contributed by atoms with E-state index in [2.05, 4.69) is 5.16 Å². The SMILES string of the molecule is COC(=O)c1ccc(-c2noc(-c3ccc([N+](=O)[O-])cc3)c2C(=O)c2ccccc2)cc1. The minimum absolute atomic E-state index is 0.0807. The molecule has 8 nitrogen and oxygen atoms in total. The third-order valence-electron chi connectivity index (χ3n) is 4.87. The number of nitro benzene ring substituents is 1. The van der Waals surface area contributed by atoms with E-state index in [1.54, 1.807) is 54.6 Å². The smallest absolute Gasteiger partial charge is 0.337 e. The summed E-state index contributed by atoms with van der Waals surface area (Å²) in [5.74, 6) is -0.600. The van der Waals surface area contributed by atoms with Gasteiger partial charge in [-0.05, 0) is 24.3 Å². The second kappa shape index (κ2) is 8.65. The molecular formula is C24H16N2O6. The highest BCUT2D eigenvalue weighted by atomic mass is 16.6. The van der Waals surface area contributed by atoms with Crippen LogP contribution in [0.1, 0.15) is 26.3 Å². The van der Waals surface area contributed by atoms with Crippen molar-refractivity contribution in [3.8, 4) is 22.6 Å². The van der Waals surface area contributed by atoms with Gasteiger partial charge in [0.2, 0.25) is 0 Å². The van der Waals surface area contributed by atoms with Crippen molar-refractivity contribution < 1.29 is 23.8 Å². The number of carbonyl (C=O) groups excluding carboxylic acids is 2. The highest BCUT2D eigenvalue weighted by molar-refractivity contribution is 6.15. The summed E-state index contributed by atoms with van der Waals surface area (Å²) >= 11 is 0. The van der Waals surface area contributed by atoms with Gasteiger partial charge < -0.3 is 9.26 Å². The third kappa shape index (κ3) is 3.89. The zero-order valence-corrected chi connectivity index (χ0v) is 16.8. The largest absolute Gasteiger partial charge is 0.465 e. The van der Waals surface area contributed by atoms with Gasteiger partial charge in [-0.1, -0.05) is 47.6 Å². The number of nitrogens with zero attached hydrogens (tertiary/aromatic N) is 2. The van der Waals surface area contributed by atoms with Crippen LogP contribution < -0.4 is 0 Å². The molecule has 0 unspecified atom stereocenters. The third-order valence-corrected chi connectivity index (χ3v) is 4.87. The van der Waals surface area contributed by atoms with Crippen molar-refractivity contribution in [2.75, 3.05) is 7.11 Å². The summed E-state index contributed by atoms with van der Waals surface area (Å²) in [6.07, 6.45) is 0. The fourth-order valence-corrected chi connectivity index (χ4v) is 3.25. The molecule has 1 aromatic heterocycles. The van der Waals surface area contributed by atoms with Crippen molar-refractivity contribution in [1.29, 1.82) is 0 Å². The lowest BCUT2D eigenvalue weighted by molar-refractivity contribution is -0.384. The summed E-state index contributed by atoms with van der Waals surface area (Å²) in [6, 6.07) is 20.8. The average molecular weight is 428 g/mol. The molecule has 0 aliphatic carbocycles. The zero-order valence-electron chi connectivity index (χ0n) is 16.8. The summed E-state index contributed by atoms with van der Waals surface area (Å²) in [7, 11) is 1.29. The van der Waals surface area contributed by atoms with Gasteiger partial charge in [-0.3, -0.25) is 14.9 Å². The summed E-state index contributed by atoms with van der Waals surface area (Å²) in [5.41, 5.74) is 2.26. The Morgan fingerprint density at radius 2 is 1.50 bits per heavy atom. The van der Waals surface area contributed by atoms with Gasteiger partial charge in [-0.15, -0.1) is 0 Å². The standard InChI is InChI=1S/C24H16N2O6/c1-31-24(28)18-9-7-15(8-10-18)21-20(22(27)16-5-3-2-4-6-16)23(32-25-21)17-11-13-19(14-12-17)26(29)30/h2-14H,1H3. The Morgan fingerprint density at radius 1 is 0.875 bits per heavy atom. The molecule has 4 rings (SSSR count). The molecular weight excluding hydrogens is 412 g/mol. The molecule has 0 saturated carbocycles. The van der Waals surface area contributed by atoms with Crippen molar-refractivity contribution in [2.24, 2.45) is 0 Å². The number of benzene rings is 3. The predicted molar refractivity (Wildman–Crippen MR) is 115 cm³/mol. The summed E-state index contributed by atoms with van der Waals surface area (Å²) in [5, 5.41) is 15.1. The molecule has 0 atom stereocenters. The second-order valence-corrected chi connectivity index (χ2v) is 6.80. The normalized spacial score (nSPS) is 10.5. The molecule has 0 spiro atoms. The summed E-state index contributed by atoms with van der Waals surface area (Å²) < 4.78 is 10.3. The van der Waals surface area contributed by atoms with Gasteiger partial charge in [0.15, 0.2) is 11.5 Å². The van der Waals surface area contributed by atoms with E-state index in [0.717, 1.165) is 0 Å². The minimum atomic E-state index is -0.505. The Kier molecular flexibility index (Phi) is 5.59. The zero-order chi connectivity index (χ0) is 22.7. The number of ketones is 1. The molecule has 4 aromatic rings. The van der Waals surface area contributed by atoms with Crippen LogP contribution in [0.5, 0.6) is 0 Å². The van der Waals surface area contributed by atoms with Crippen molar-refractivity contribution in [3.63, 3.8) is 0 Å². The van der Waals surface area contributed by atoms with Gasteiger partial charge in [0.25, 0.3) is 5.69 Å². The van der Waals surface area contributed by atoms with Crippen LogP contribution in [0.3, 0.4) is 0 Å².